The van der Waals surface area contributed by atoms with Crippen LogP contribution in [0.5, 0.6) is 0 Å². The molecule has 0 saturated carbocycles. The second-order valence-electron chi connectivity index (χ2n) is 3.66. The van der Waals surface area contributed by atoms with Gasteiger partial charge in [-0.15, -0.1) is 0 Å². The Kier molecular flexibility index (Phi) is 6.83. The lowest BCUT2D eigenvalue weighted by Gasteiger charge is -2.20. The topological polar surface area (TPSA) is 51.9 Å². The normalized spacial score (nSPS) is 11.0. The average Bonchev–Trinajstić information content (AvgIpc) is 2.89. The van der Waals surface area contributed by atoms with Crippen molar-refractivity contribution in [1.82, 2.24) is 4.90 Å². The van der Waals surface area contributed by atoms with Crippen molar-refractivity contribution in [2.75, 3.05) is 40.5 Å². The zero-order valence-electron chi connectivity index (χ0n) is 10.8. The minimum absolute atomic E-state index is 0.0829. The maximum absolute atomic E-state index is 11.9. The molecule has 0 N–H and O–H groups in total. The Bertz CT molecular complexity index is 351. The Hall–Kier alpha value is -1.59. The highest BCUT2D eigenvalue weighted by Gasteiger charge is 2.09. The molecule has 0 aliphatic carbocycles. The van der Waals surface area contributed by atoms with Gasteiger partial charge in [0.25, 0.3) is 0 Å². The van der Waals surface area contributed by atoms with Gasteiger partial charge in [-0.3, -0.25) is 4.79 Å². The van der Waals surface area contributed by atoms with Crippen molar-refractivity contribution in [2.45, 2.75) is 0 Å². The van der Waals surface area contributed by atoms with Gasteiger partial charge in [-0.25, -0.2) is 0 Å². The molecule has 0 saturated heterocycles. The van der Waals surface area contributed by atoms with Gasteiger partial charge in [0.1, 0.15) is 5.76 Å². The predicted molar refractivity (Wildman–Crippen MR) is 68.1 cm³/mol. The van der Waals surface area contributed by atoms with Crippen LogP contribution in [0.2, 0.25) is 0 Å². The fraction of sp³-hybridized carbons (Fsp3) is 0.462. The van der Waals surface area contributed by atoms with Crippen LogP contribution in [0.25, 0.3) is 6.08 Å². The molecule has 1 aromatic heterocycles. The van der Waals surface area contributed by atoms with Crippen LogP contribution in [0.4, 0.5) is 0 Å². The molecule has 1 rings (SSSR count). The number of methoxy groups -OCH3 is 2. The molecule has 100 valence electrons. The van der Waals surface area contributed by atoms with Crippen LogP contribution in [0.3, 0.4) is 0 Å². The van der Waals surface area contributed by atoms with E-state index in [9.17, 15) is 4.79 Å². The first-order chi connectivity index (χ1) is 8.77. The van der Waals surface area contributed by atoms with Gasteiger partial charge in [0.2, 0.25) is 5.91 Å². The van der Waals surface area contributed by atoms with Gasteiger partial charge < -0.3 is 18.8 Å². The summed E-state index contributed by atoms with van der Waals surface area (Å²) in [7, 11) is 3.22. The maximum Gasteiger partial charge on any atom is 0.246 e. The molecule has 0 aliphatic heterocycles. The fourth-order valence-electron chi connectivity index (χ4n) is 1.38. The summed E-state index contributed by atoms with van der Waals surface area (Å²) in [6.07, 6.45) is 4.71. The number of hydrogen-bond donors (Lipinski definition) is 0. The van der Waals surface area contributed by atoms with Gasteiger partial charge in [-0.05, 0) is 18.2 Å². The molecule has 1 aromatic rings. The number of carbonyl (C=O) groups is 1. The Morgan fingerprint density at radius 1 is 1.33 bits per heavy atom. The van der Waals surface area contributed by atoms with Gasteiger partial charge in [-0.2, -0.15) is 0 Å². The van der Waals surface area contributed by atoms with E-state index in [4.69, 9.17) is 13.9 Å². The summed E-state index contributed by atoms with van der Waals surface area (Å²) in [5.74, 6) is 0.572. The first kappa shape index (κ1) is 14.5. The van der Waals surface area contributed by atoms with Crippen molar-refractivity contribution in [1.29, 1.82) is 0 Å². The third-order valence-corrected chi connectivity index (χ3v) is 2.38. The molecular formula is C13H19NO4. The van der Waals surface area contributed by atoms with Crippen LogP contribution in [-0.2, 0) is 14.3 Å². The summed E-state index contributed by atoms with van der Waals surface area (Å²) < 4.78 is 15.1. The van der Waals surface area contributed by atoms with E-state index < -0.39 is 0 Å². The maximum atomic E-state index is 11.9. The highest BCUT2D eigenvalue weighted by molar-refractivity contribution is 5.91. The molecule has 0 aliphatic rings. The van der Waals surface area contributed by atoms with E-state index in [1.54, 1.807) is 43.6 Å². The summed E-state index contributed by atoms with van der Waals surface area (Å²) in [5.41, 5.74) is 0. The molecule has 5 heteroatoms. The van der Waals surface area contributed by atoms with Crippen LogP contribution in [0.15, 0.2) is 28.9 Å². The number of furan rings is 1. The van der Waals surface area contributed by atoms with Gasteiger partial charge in [0.05, 0.1) is 19.5 Å². The monoisotopic (exact) mass is 253 g/mol. The third kappa shape index (κ3) is 5.16. The van der Waals surface area contributed by atoms with E-state index in [1.807, 2.05) is 0 Å². The van der Waals surface area contributed by atoms with Crippen LogP contribution in [0, 0.1) is 0 Å². The average molecular weight is 253 g/mol. The van der Waals surface area contributed by atoms with Gasteiger partial charge in [0.15, 0.2) is 0 Å². The third-order valence-electron chi connectivity index (χ3n) is 2.38. The lowest BCUT2D eigenvalue weighted by Crippen LogP contribution is -2.35. The quantitative estimate of drug-likeness (QED) is 0.657. The lowest BCUT2D eigenvalue weighted by atomic mass is 10.3. The van der Waals surface area contributed by atoms with Gasteiger partial charge in [-0.1, -0.05) is 0 Å². The molecular weight excluding hydrogens is 234 g/mol. The Balaban J connectivity index is 2.51. The number of rotatable bonds is 8. The van der Waals surface area contributed by atoms with Crippen molar-refractivity contribution in [3.8, 4) is 0 Å². The van der Waals surface area contributed by atoms with Crippen molar-refractivity contribution in [3.05, 3.63) is 30.2 Å². The Labute approximate surface area is 107 Å². The summed E-state index contributed by atoms with van der Waals surface area (Å²) >= 11 is 0. The van der Waals surface area contributed by atoms with E-state index in [0.717, 1.165) is 0 Å². The second kappa shape index (κ2) is 8.49. The molecule has 0 radical (unpaired) electrons. The van der Waals surface area contributed by atoms with Crippen molar-refractivity contribution in [3.63, 3.8) is 0 Å². The summed E-state index contributed by atoms with van der Waals surface area (Å²) in [6.45, 7) is 2.09. The molecule has 0 fully saturated rings. The van der Waals surface area contributed by atoms with E-state index >= 15 is 0 Å². The molecule has 0 unspecified atom stereocenters. The van der Waals surface area contributed by atoms with Gasteiger partial charge >= 0.3 is 0 Å². The standard InChI is InChI=1S/C13H19NO4/c1-16-10-7-14(8-11-17-2)13(15)6-5-12-4-3-9-18-12/h3-6,9H,7-8,10-11H2,1-2H3/b6-5+. The van der Waals surface area contributed by atoms with Crippen LogP contribution in [0.1, 0.15) is 5.76 Å². The Morgan fingerprint density at radius 3 is 2.50 bits per heavy atom. The highest BCUT2D eigenvalue weighted by atomic mass is 16.5. The zero-order valence-corrected chi connectivity index (χ0v) is 10.8. The largest absolute Gasteiger partial charge is 0.465 e. The van der Waals surface area contributed by atoms with Crippen molar-refractivity contribution >= 4 is 12.0 Å². The molecule has 0 bridgehead atoms. The molecule has 18 heavy (non-hydrogen) atoms. The molecule has 0 aromatic carbocycles. The number of carbonyl (C=O) groups excluding carboxylic acids is 1. The SMILES string of the molecule is COCCN(CCOC)C(=O)/C=C/c1ccco1. The summed E-state index contributed by atoms with van der Waals surface area (Å²) in [5, 5.41) is 0. The molecule has 0 atom stereocenters. The Morgan fingerprint density at radius 2 is 2.00 bits per heavy atom. The molecule has 1 heterocycles. The molecule has 5 nitrogen and oxygen atoms in total. The molecule has 1 amide bonds. The van der Waals surface area contributed by atoms with Crippen LogP contribution >= 0.6 is 0 Å². The smallest absolute Gasteiger partial charge is 0.246 e. The fourth-order valence-corrected chi connectivity index (χ4v) is 1.38. The summed E-state index contributed by atoms with van der Waals surface area (Å²) in [6, 6.07) is 3.57. The van der Waals surface area contributed by atoms with E-state index in [0.29, 0.717) is 32.1 Å². The van der Waals surface area contributed by atoms with E-state index in [1.165, 1.54) is 6.08 Å². The van der Waals surface area contributed by atoms with Gasteiger partial charge in [0, 0.05) is 33.4 Å². The summed E-state index contributed by atoms with van der Waals surface area (Å²) in [4.78, 5) is 13.6. The van der Waals surface area contributed by atoms with E-state index in [2.05, 4.69) is 0 Å². The number of nitrogens with zero attached hydrogens (tertiary/aromatic N) is 1. The number of hydrogen-bond acceptors (Lipinski definition) is 4. The first-order valence-electron chi connectivity index (χ1n) is 5.76. The van der Waals surface area contributed by atoms with Crippen molar-refractivity contribution < 1.29 is 18.7 Å². The van der Waals surface area contributed by atoms with Crippen LogP contribution in [-0.4, -0.2) is 51.3 Å². The lowest BCUT2D eigenvalue weighted by molar-refractivity contribution is -0.127. The predicted octanol–water partition coefficient (Wildman–Crippen LogP) is 1.41. The highest BCUT2D eigenvalue weighted by Crippen LogP contribution is 2.03. The van der Waals surface area contributed by atoms with Crippen molar-refractivity contribution in [2.24, 2.45) is 0 Å². The minimum Gasteiger partial charge on any atom is -0.465 e. The first-order valence-corrected chi connectivity index (χ1v) is 5.76. The molecule has 0 spiro atoms. The minimum atomic E-state index is -0.0829. The van der Waals surface area contributed by atoms with E-state index in [-0.39, 0.29) is 5.91 Å². The second-order valence-corrected chi connectivity index (χ2v) is 3.66. The number of ether oxygens (including phenoxy) is 2. The number of amides is 1. The van der Waals surface area contributed by atoms with Crippen LogP contribution < -0.4 is 0 Å². The zero-order chi connectivity index (χ0) is 13.2.